The molecule has 1 N–H and O–H groups in total. The molecular weight excluding hydrogens is 335 g/mol. The summed E-state index contributed by atoms with van der Waals surface area (Å²) in [5.41, 5.74) is 0.464. The quantitative estimate of drug-likeness (QED) is 0.518. The van der Waals surface area contributed by atoms with Crippen molar-refractivity contribution in [3.05, 3.63) is 31.9 Å². The fraction of sp³-hybridized carbons (Fsp3) is 0.455. The fourth-order valence-electron chi connectivity index (χ4n) is 1.85. The summed E-state index contributed by atoms with van der Waals surface area (Å²) in [5, 5.41) is 14.2. The van der Waals surface area contributed by atoms with E-state index in [0.717, 1.165) is 9.99 Å². The second-order valence-corrected chi connectivity index (χ2v) is 5.65. The average molecular weight is 348 g/mol. The molecule has 1 unspecified atom stereocenters. The average Bonchev–Trinajstić information content (AvgIpc) is 2.67. The highest BCUT2D eigenvalue weighted by Crippen LogP contribution is 2.31. The summed E-state index contributed by atoms with van der Waals surface area (Å²) in [6.45, 7) is 3.29. The number of anilines is 1. The lowest BCUT2D eigenvalue weighted by Gasteiger charge is -2.24. The van der Waals surface area contributed by atoms with Gasteiger partial charge >= 0.3 is 0 Å². The van der Waals surface area contributed by atoms with Gasteiger partial charge in [-0.15, -0.1) is 0 Å². The normalized spacial score (nSPS) is 23.6. The van der Waals surface area contributed by atoms with Gasteiger partial charge in [0.1, 0.15) is 5.69 Å². The minimum absolute atomic E-state index is 0.116. The van der Waals surface area contributed by atoms with Crippen molar-refractivity contribution in [3.63, 3.8) is 0 Å². The molecule has 1 aliphatic heterocycles. The monoisotopic (exact) mass is 348 g/mol. The molecule has 0 saturated carbocycles. The summed E-state index contributed by atoms with van der Waals surface area (Å²) < 4.78 is 6.18. The molecule has 0 bridgehead atoms. The third-order valence-electron chi connectivity index (χ3n) is 2.81. The SMILES string of the molecule is CC1(Nc2ccc(I)cc2[N+](=O)[O-])CCOC1. The first kappa shape index (κ1) is 12.6. The summed E-state index contributed by atoms with van der Waals surface area (Å²) >= 11 is 2.07. The third-order valence-corrected chi connectivity index (χ3v) is 3.48. The predicted octanol–water partition coefficient (Wildman–Crippen LogP) is 2.79. The Morgan fingerprint density at radius 3 is 2.94 bits per heavy atom. The largest absolute Gasteiger partial charge is 0.379 e. The molecule has 0 amide bonds. The summed E-state index contributed by atoms with van der Waals surface area (Å²) in [6.07, 6.45) is 0.857. The van der Waals surface area contributed by atoms with E-state index in [2.05, 4.69) is 27.9 Å². The van der Waals surface area contributed by atoms with Crippen molar-refractivity contribution in [2.45, 2.75) is 18.9 Å². The maximum atomic E-state index is 11.0. The van der Waals surface area contributed by atoms with Gasteiger partial charge in [0.2, 0.25) is 0 Å². The summed E-state index contributed by atoms with van der Waals surface area (Å²) in [6, 6.07) is 5.18. The molecule has 0 aromatic heterocycles. The van der Waals surface area contributed by atoms with Gasteiger partial charge in [-0.25, -0.2) is 0 Å². The topological polar surface area (TPSA) is 64.4 Å². The van der Waals surface area contributed by atoms with Crippen LogP contribution >= 0.6 is 22.6 Å². The predicted molar refractivity (Wildman–Crippen MR) is 73.3 cm³/mol. The van der Waals surface area contributed by atoms with Crippen molar-refractivity contribution >= 4 is 34.0 Å². The van der Waals surface area contributed by atoms with Gasteiger partial charge in [-0.3, -0.25) is 10.1 Å². The van der Waals surface area contributed by atoms with Crippen LogP contribution in [-0.4, -0.2) is 23.7 Å². The third kappa shape index (κ3) is 2.86. The zero-order chi connectivity index (χ0) is 12.5. The standard InChI is InChI=1S/C11H13IN2O3/c1-11(4-5-17-7-11)13-9-3-2-8(12)6-10(9)14(15)16/h2-3,6,13H,4-5,7H2,1H3. The number of hydrogen-bond donors (Lipinski definition) is 1. The van der Waals surface area contributed by atoms with Crippen LogP contribution in [0.2, 0.25) is 0 Å². The summed E-state index contributed by atoms with van der Waals surface area (Å²) in [4.78, 5) is 10.6. The van der Waals surface area contributed by atoms with E-state index in [1.807, 2.05) is 13.0 Å². The molecule has 0 spiro atoms. The van der Waals surface area contributed by atoms with Crippen LogP contribution in [-0.2, 0) is 4.74 Å². The molecule has 1 fully saturated rings. The van der Waals surface area contributed by atoms with Crippen LogP contribution in [0.4, 0.5) is 11.4 Å². The molecule has 5 nitrogen and oxygen atoms in total. The van der Waals surface area contributed by atoms with Crippen molar-refractivity contribution < 1.29 is 9.66 Å². The van der Waals surface area contributed by atoms with E-state index >= 15 is 0 Å². The van der Waals surface area contributed by atoms with Crippen LogP contribution in [0.25, 0.3) is 0 Å². The Morgan fingerprint density at radius 1 is 1.59 bits per heavy atom. The van der Waals surface area contributed by atoms with Gasteiger partial charge in [0, 0.05) is 16.2 Å². The Morgan fingerprint density at radius 2 is 2.35 bits per heavy atom. The number of rotatable bonds is 3. The summed E-state index contributed by atoms with van der Waals surface area (Å²) in [5.74, 6) is 0. The first-order valence-electron chi connectivity index (χ1n) is 5.30. The van der Waals surface area contributed by atoms with E-state index in [4.69, 9.17) is 4.74 Å². The van der Waals surface area contributed by atoms with Crippen LogP contribution in [0, 0.1) is 13.7 Å². The van der Waals surface area contributed by atoms with E-state index in [0.29, 0.717) is 18.9 Å². The Kier molecular flexibility index (Phi) is 3.53. The van der Waals surface area contributed by atoms with Gasteiger partial charge in [-0.2, -0.15) is 0 Å². The Bertz CT molecular complexity index is 444. The van der Waals surface area contributed by atoms with Crippen LogP contribution in [0.15, 0.2) is 18.2 Å². The maximum absolute atomic E-state index is 11.0. The van der Waals surface area contributed by atoms with Crippen molar-refractivity contribution in [1.82, 2.24) is 0 Å². The van der Waals surface area contributed by atoms with Crippen LogP contribution in [0.1, 0.15) is 13.3 Å². The van der Waals surface area contributed by atoms with E-state index < -0.39 is 0 Å². The number of nitrogens with zero attached hydrogens (tertiary/aromatic N) is 1. The van der Waals surface area contributed by atoms with Crippen LogP contribution in [0.5, 0.6) is 0 Å². The molecule has 1 aromatic carbocycles. The highest BCUT2D eigenvalue weighted by molar-refractivity contribution is 14.1. The Hall–Kier alpha value is -0.890. The summed E-state index contributed by atoms with van der Waals surface area (Å²) in [7, 11) is 0. The second-order valence-electron chi connectivity index (χ2n) is 4.41. The molecule has 1 aliphatic rings. The molecule has 1 heterocycles. The number of benzene rings is 1. The highest BCUT2D eigenvalue weighted by atomic mass is 127. The zero-order valence-electron chi connectivity index (χ0n) is 9.40. The number of nitro groups is 1. The molecule has 17 heavy (non-hydrogen) atoms. The lowest BCUT2D eigenvalue weighted by atomic mass is 10.0. The molecule has 0 aliphatic carbocycles. The molecule has 1 saturated heterocycles. The highest BCUT2D eigenvalue weighted by Gasteiger charge is 2.31. The molecule has 6 heteroatoms. The molecule has 0 radical (unpaired) electrons. The van der Waals surface area contributed by atoms with E-state index in [-0.39, 0.29) is 16.1 Å². The lowest BCUT2D eigenvalue weighted by Crippen LogP contribution is -2.35. The minimum atomic E-state index is -0.357. The number of nitrogens with one attached hydrogen (secondary N) is 1. The molecule has 1 aromatic rings. The van der Waals surface area contributed by atoms with Crippen LogP contribution in [0.3, 0.4) is 0 Å². The van der Waals surface area contributed by atoms with Gasteiger partial charge in [0.25, 0.3) is 5.69 Å². The fourth-order valence-corrected chi connectivity index (χ4v) is 2.33. The van der Waals surface area contributed by atoms with Gasteiger partial charge in [0.05, 0.1) is 17.1 Å². The zero-order valence-corrected chi connectivity index (χ0v) is 11.6. The molecule has 92 valence electrons. The van der Waals surface area contributed by atoms with E-state index in [1.165, 1.54) is 0 Å². The Labute approximate surface area is 113 Å². The minimum Gasteiger partial charge on any atom is -0.379 e. The van der Waals surface area contributed by atoms with Gasteiger partial charge < -0.3 is 10.1 Å². The van der Waals surface area contributed by atoms with Gasteiger partial charge in [-0.1, -0.05) is 0 Å². The Balaban J connectivity index is 2.28. The van der Waals surface area contributed by atoms with E-state index in [1.54, 1.807) is 12.1 Å². The second kappa shape index (κ2) is 4.77. The first-order chi connectivity index (χ1) is 8.00. The van der Waals surface area contributed by atoms with Gasteiger partial charge in [-0.05, 0) is 48.1 Å². The van der Waals surface area contributed by atoms with Crippen molar-refractivity contribution in [2.24, 2.45) is 0 Å². The molecule has 1 atom stereocenters. The number of ether oxygens (including phenoxy) is 1. The smallest absolute Gasteiger partial charge is 0.293 e. The van der Waals surface area contributed by atoms with Crippen LogP contribution < -0.4 is 5.32 Å². The number of nitro benzene ring substituents is 1. The lowest BCUT2D eigenvalue weighted by molar-refractivity contribution is -0.384. The number of hydrogen-bond acceptors (Lipinski definition) is 4. The van der Waals surface area contributed by atoms with E-state index in [9.17, 15) is 10.1 Å². The maximum Gasteiger partial charge on any atom is 0.293 e. The number of halogens is 1. The van der Waals surface area contributed by atoms with Crippen molar-refractivity contribution in [1.29, 1.82) is 0 Å². The first-order valence-corrected chi connectivity index (χ1v) is 6.38. The molecule has 2 rings (SSSR count). The van der Waals surface area contributed by atoms with Crippen molar-refractivity contribution in [3.8, 4) is 0 Å². The van der Waals surface area contributed by atoms with Gasteiger partial charge in [0.15, 0.2) is 0 Å². The van der Waals surface area contributed by atoms with Crippen molar-refractivity contribution in [2.75, 3.05) is 18.5 Å². The molecular formula is C11H13IN2O3.